The van der Waals surface area contributed by atoms with Gasteiger partial charge in [-0.25, -0.2) is 9.37 Å². The number of piperazine rings is 1. The fourth-order valence-corrected chi connectivity index (χ4v) is 3.45. The van der Waals surface area contributed by atoms with Gasteiger partial charge in [0.25, 0.3) is 5.91 Å². The van der Waals surface area contributed by atoms with Crippen LogP contribution in [0.5, 0.6) is 0 Å². The van der Waals surface area contributed by atoms with Crippen LogP contribution in [0.1, 0.15) is 16.1 Å². The van der Waals surface area contributed by atoms with Gasteiger partial charge >= 0.3 is 0 Å². The maximum absolute atomic E-state index is 13.2. The Morgan fingerprint density at radius 2 is 1.81 bits per heavy atom. The minimum Gasteiger partial charge on any atom is -0.335 e. The Hall–Kier alpha value is -2.57. The van der Waals surface area contributed by atoms with Crippen molar-refractivity contribution in [2.24, 2.45) is 0 Å². The zero-order valence-corrected chi connectivity index (χ0v) is 15.4. The Kier molecular flexibility index (Phi) is 5.01. The average Bonchev–Trinajstić information content (AvgIpc) is 2.70. The Labute approximate surface area is 161 Å². The molecule has 2 aromatic carbocycles. The highest BCUT2D eigenvalue weighted by molar-refractivity contribution is 6.31. The lowest BCUT2D eigenvalue weighted by molar-refractivity contribution is 0.0622. The molecule has 3 aromatic rings. The Morgan fingerprint density at radius 3 is 2.56 bits per heavy atom. The molecule has 1 aromatic heterocycles. The lowest BCUT2D eigenvalue weighted by Gasteiger charge is -2.34. The number of nitrogens with zero attached hydrogens (tertiary/aromatic N) is 4. The molecular weight excluding hydrogens is 367 g/mol. The number of halogens is 2. The molecule has 0 unspecified atom stereocenters. The number of rotatable bonds is 3. The third kappa shape index (κ3) is 3.91. The first-order chi connectivity index (χ1) is 13.1. The number of hydrogen-bond donors (Lipinski definition) is 0. The van der Waals surface area contributed by atoms with Crippen LogP contribution in [0.4, 0.5) is 4.39 Å². The molecule has 0 aliphatic carbocycles. The van der Waals surface area contributed by atoms with Crippen molar-refractivity contribution in [2.45, 2.75) is 6.54 Å². The lowest BCUT2D eigenvalue weighted by atomic mass is 10.2. The summed E-state index contributed by atoms with van der Waals surface area (Å²) >= 11 is 6.11. The largest absolute Gasteiger partial charge is 0.335 e. The standard InChI is InChI=1S/C20H18ClFN4O/c21-16-11-15(22)6-5-14(16)13-25-7-9-26(10-8-25)20(27)19-12-23-17-3-1-2-4-18(17)24-19/h1-6,11-12H,7-10,13H2. The summed E-state index contributed by atoms with van der Waals surface area (Å²) in [4.78, 5) is 25.5. The van der Waals surface area contributed by atoms with Gasteiger partial charge in [-0.2, -0.15) is 0 Å². The molecule has 1 amide bonds. The second-order valence-electron chi connectivity index (χ2n) is 6.55. The molecule has 7 heteroatoms. The van der Waals surface area contributed by atoms with Crippen LogP contribution < -0.4 is 0 Å². The molecule has 1 aliphatic heterocycles. The van der Waals surface area contributed by atoms with Crippen LogP contribution in [-0.2, 0) is 6.54 Å². The van der Waals surface area contributed by atoms with Crippen LogP contribution in [0, 0.1) is 5.82 Å². The van der Waals surface area contributed by atoms with E-state index in [9.17, 15) is 9.18 Å². The van der Waals surface area contributed by atoms with Gasteiger partial charge in [0.1, 0.15) is 11.5 Å². The quantitative estimate of drug-likeness (QED) is 0.694. The molecule has 0 saturated carbocycles. The van der Waals surface area contributed by atoms with Gasteiger partial charge in [0.05, 0.1) is 17.2 Å². The second kappa shape index (κ2) is 7.58. The van der Waals surface area contributed by atoms with Crippen molar-refractivity contribution in [3.05, 3.63) is 70.8 Å². The number of carbonyl (C=O) groups excluding carboxylic acids is 1. The van der Waals surface area contributed by atoms with Gasteiger partial charge in [-0.15, -0.1) is 0 Å². The molecule has 1 aliphatic rings. The molecule has 0 spiro atoms. The maximum Gasteiger partial charge on any atom is 0.274 e. The van der Waals surface area contributed by atoms with Crippen molar-refractivity contribution in [2.75, 3.05) is 26.2 Å². The van der Waals surface area contributed by atoms with Crippen LogP contribution in [0.15, 0.2) is 48.7 Å². The van der Waals surface area contributed by atoms with Crippen molar-refractivity contribution in [3.8, 4) is 0 Å². The van der Waals surface area contributed by atoms with Gasteiger partial charge in [0, 0.05) is 37.7 Å². The van der Waals surface area contributed by atoms with E-state index in [1.165, 1.54) is 18.3 Å². The van der Waals surface area contributed by atoms with E-state index in [1.807, 2.05) is 24.3 Å². The average molecular weight is 385 g/mol. The normalized spacial score (nSPS) is 15.3. The highest BCUT2D eigenvalue weighted by atomic mass is 35.5. The lowest BCUT2D eigenvalue weighted by Crippen LogP contribution is -2.48. The number of hydrogen-bond acceptors (Lipinski definition) is 4. The molecule has 4 rings (SSSR count). The Balaban J connectivity index is 1.40. The van der Waals surface area contributed by atoms with Gasteiger partial charge in [0.2, 0.25) is 0 Å². The van der Waals surface area contributed by atoms with Crippen LogP contribution in [0.3, 0.4) is 0 Å². The summed E-state index contributed by atoms with van der Waals surface area (Å²) in [5, 5.41) is 0.431. The van der Waals surface area contributed by atoms with E-state index in [-0.39, 0.29) is 11.7 Å². The van der Waals surface area contributed by atoms with Gasteiger partial charge in [0.15, 0.2) is 0 Å². The molecular formula is C20H18ClFN4O. The van der Waals surface area contributed by atoms with Crippen molar-refractivity contribution in [1.82, 2.24) is 19.8 Å². The third-order valence-electron chi connectivity index (χ3n) is 4.74. The summed E-state index contributed by atoms with van der Waals surface area (Å²) in [5.41, 5.74) is 2.74. The number of para-hydroxylation sites is 2. The predicted octanol–water partition coefficient (Wildman–Crippen LogP) is 3.38. The van der Waals surface area contributed by atoms with Crippen molar-refractivity contribution in [1.29, 1.82) is 0 Å². The molecule has 0 atom stereocenters. The number of fused-ring (bicyclic) bond motifs is 1. The van der Waals surface area contributed by atoms with Crippen LogP contribution in [0.2, 0.25) is 5.02 Å². The van der Waals surface area contributed by atoms with Crippen molar-refractivity contribution >= 4 is 28.5 Å². The minimum absolute atomic E-state index is 0.104. The second-order valence-corrected chi connectivity index (χ2v) is 6.96. The van der Waals surface area contributed by atoms with Gasteiger partial charge in [-0.1, -0.05) is 29.8 Å². The SMILES string of the molecule is O=C(c1cnc2ccccc2n1)N1CCN(Cc2ccc(F)cc2Cl)CC1. The highest BCUT2D eigenvalue weighted by Gasteiger charge is 2.23. The fourth-order valence-electron chi connectivity index (χ4n) is 3.22. The van der Waals surface area contributed by atoms with Crippen LogP contribution in [0.25, 0.3) is 11.0 Å². The maximum atomic E-state index is 13.2. The molecule has 0 radical (unpaired) electrons. The molecule has 2 heterocycles. The topological polar surface area (TPSA) is 49.3 Å². The molecule has 138 valence electrons. The first-order valence-electron chi connectivity index (χ1n) is 8.77. The van der Waals surface area contributed by atoms with E-state index in [4.69, 9.17) is 11.6 Å². The van der Waals surface area contributed by atoms with Crippen LogP contribution >= 0.6 is 11.6 Å². The third-order valence-corrected chi connectivity index (χ3v) is 5.09. The Morgan fingerprint density at radius 1 is 1.07 bits per heavy atom. The highest BCUT2D eigenvalue weighted by Crippen LogP contribution is 2.20. The molecule has 1 fully saturated rings. The summed E-state index contributed by atoms with van der Waals surface area (Å²) in [5.74, 6) is -0.441. The summed E-state index contributed by atoms with van der Waals surface area (Å²) in [6.45, 7) is 3.29. The molecule has 0 bridgehead atoms. The first-order valence-corrected chi connectivity index (χ1v) is 9.15. The van der Waals surface area contributed by atoms with E-state index in [0.717, 1.165) is 24.2 Å². The van der Waals surface area contributed by atoms with E-state index < -0.39 is 0 Å². The minimum atomic E-state index is -0.337. The smallest absolute Gasteiger partial charge is 0.274 e. The van der Waals surface area contributed by atoms with E-state index in [2.05, 4.69) is 14.9 Å². The molecule has 5 nitrogen and oxygen atoms in total. The summed E-state index contributed by atoms with van der Waals surface area (Å²) in [7, 11) is 0. The fraction of sp³-hybridized carbons (Fsp3) is 0.250. The van der Waals surface area contributed by atoms with Crippen LogP contribution in [-0.4, -0.2) is 51.9 Å². The van der Waals surface area contributed by atoms with Gasteiger partial charge in [-0.3, -0.25) is 14.7 Å². The molecule has 27 heavy (non-hydrogen) atoms. The monoisotopic (exact) mass is 384 g/mol. The van der Waals surface area contributed by atoms with Crippen molar-refractivity contribution in [3.63, 3.8) is 0 Å². The van der Waals surface area contributed by atoms with Gasteiger partial charge < -0.3 is 4.90 Å². The molecule has 0 N–H and O–H groups in total. The first kappa shape index (κ1) is 17.8. The number of carbonyl (C=O) groups is 1. The zero-order chi connectivity index (χ0) is 18.8. The van der Waals surface area contributed by atoms with E-state index >= 15 is 0 Å². The molecule has 1 saturated heterocycles. The number of amides is 1. The number of benzene rings is 2. The van der Waals surface area contributed by atoms with Gasteiger partial charge in [-0.05, 0) is 29.8 Å². The summed E-state index contributed by atoms with van der Waals surface area (Å²) in [6.07, 6.45) is 1.54. The number of aromatic nitrogens is 2. The zero-order valence-electron chi connectivity index (χ0n) is 14.6. The summed E-state index contributed by atoms with van der Waals surface area (Å²) < 4.78 is 13.2. The summed E-state index contributed by atoms with van der Waals surface area (Å²) in [6, 6.07) is 11.9. The van der Waals surface area contributed by atoms with E-state index in [0.29, 0.717) is 35.9 Å². The van der Waals surface area contributed by atoms with Crippen molar-refractivity contribution < 1.29 is 9.18 Å². The van der Waals surface area contributed by atoms with E-state index in [1.54, 1.807) is 11.0 Å². The Bertz CT molecular complexity index is 989. The predicted molar refractivity (Wildman–Crippen MR) is 102 cm³/mol.